The van der Waals surface area contributed by atoms with E-state index in [4.69, 9.17) is 10.2 Å². The van der Waals surface area contributed by atoms with E-state index < -0.39 is 42.1 Å². The van der Waals surface area contributed by atoms with Crippen molar-refractivity contribution in [3.05, 3.63) is 27.2 Å². The number of fused-ring (bicyclic) bond motifs is 1. The summed E-state index contributed by atoms with van der Waals surface area (Å²) in [6, 6.07) is 0. The minimum Gasteiger partial charge on any atom is -0.481 e. The molecule has 10 heteroatoms. The summed E-state index contributed by atoms with van der Waals surface area (Å²) in [6.45, 7) is -0.520. The molecule has 0 aliphatic heterocycles. The van der Waals surface area contributed by atoms with Gasteiger partial charge in [0.2, 0.25) is 0 Å². The first kappa shape index (κ1) is 15.5. The highest BCUT2D eigenvalue weighted by atomic mass is 16.4. The topological polar surface area (TPSA) is 136 Å². The SMILES string of the molecule is Cn1cnc2c1c(=O)n(CC(CC(=O)O)C(=O)O)c(=O)n2C. The monoisotopic (exact) mass is 310 g/mol. The van der Waals surface area contributed by atoms with Gasteiger partial charge >= 0.3 is 17.6 Å². The van der Waals surface area contributed by atoms with Crippen LogP contribution in [-0.2, 0) is 30.2 Å². The van der Waals surface area contributed by atoms with Gasteiger partial charge in [0.25, 0.3) is 5.56 Å². The number of carboxylic acids is 2. The third-order valence-electron chi connectivity index (χ3n) is 3.37. The molecular formula is C12H14N4O6. The van der Waals surface area contributed by atoms with Crippen molar-refractivity contribution in [3.63, 3.8) is 0 Å². The zero-order chi connectivity index (χ0) is 16.6. The van der Waals surface area contributed by atoms with Crippen LogP contribution in [-0.4, -0.2) is 40.8 Å². The van der Waals surface area contributed by atoms with Gasteiger partial charge in [-0.25, -0.2) is 9.78 Å². The van der Waals surface area contributed by atoms with E-state index in [0.29, 0.717) is 0 Å². The molecule has 22 heavy (non-hydrogen) atoms. The Kier molecular flexibility index (Phi) is 3.85. The summed E-state index contributed by atoms with van der Waals surface area (Å²) in [5.74, 6) is -4.09. The number of nitrogens with zero attached hydrogens (tertiary/aromatic N) is 4. The highest BCUT2D eigenvalue weighted by molar-refractivity contribution is 5.77. The fraction of sp³-hybridized carbons (Fsp3) is 0.417. The van der Waals surface area contributed by atoms with Gasteiger partial charge in [-0.15, -0.1) is 0 Å². The summed E-state index contributed by atoms with van der Waals surface area (Å²) >= 11 is 0. The second kappa shape index (κ2) is 5.47. The Balaban J connectivity index is 2.62. The van der Waals surface area contributed by atoms with Crippen molar-refractivity contribution in [1.82, 2.24) is 18.7 Å². The first-order valence-corrected chi connectivity index (χ1v) is 6.29. The molecule has 0 spiro atoms. The second-order valence-electron chi connectivity index (χ2n) is 4.92. The van der Waals surface area contributed by atoms with Crippen molar-refractivity contribution in [1.29, 1.82) is 0 Å². The predicted octanol–water partition coefficient (Wildman–Crippen LogP) is -1.39. The van der Waals surface area contributed by atoms with Crippen molar-refractivity contribution in [2.24, 2.45) is 20.0 Å². The summed E-state index contributed by atoms with van der Waals surface area (Å²) in [6.07, 6.45) is 0.677. The number of hydrogen-bond donors (Lipinski definition) is 2. The van der Waals surface area contributed by atoms with Gasteiger partial charge in [0, 0.05) is 20.6 Å². The molecule has 0 fully saturated rings. The summed E-state index contributed by atoms with van der Waals surface area (Å²) in [4.78, 5) is 50.4. The Labute approximate surface area is 122 Å². The molecule has 2 aromatic rings. The third-order valence-corrected chi connectivity index (χ3v) is 3.37. The lowest BCUT2D eigenvalue weighted by Crippen LogP contribution is -2.42. The number of aliphatic carboxylic acids is 2. The number of aryl methyl sites for hydroxylation is 2. The van der Waals surface area contributed by atoms with E-state index in [1.54, 1.807) is 7.05 Å². The third kappa shape index (κ3) is 2.50. The van der Waals surface area contributed by atoms with E-state index >= 15 is 0 Å². The number of carbonyl (C=O) groups is 2. The maximum absolute atomic E-state index is 12.4. The zero-order valence-electron chi connectivity index (χ0n) is 11.9. The van der Waals surface area contributed by atoms with Crippen molar-refractivity contribution in [2.45, 2.75) is 13.0 Å². The maximum Gasteiger partial charge on any atom is 0.332 e. The van der Waals surface area contributed by atoms with Gasteiger partial charge < -0.3 is 14.8 Å². The largest absolute Gasteiger partial charge is 0.481 e. The van der Waals surface area contributed by atoms with Crippen LogP contribution in [0.3, 0.4) is 0 Å². The van der Waals surface area contributed by atoms with Crippen LogP contribution in [0.15, 0.2) is 15.9 Å². The first-order chi connectivity index (χ1) is 10.2. The highest BCUT2D eigenvalue weighted by Gasteiger charge is 2.25. The van der Waals surface area contributed by atoms with Crippen molar-refractivity contribution in [2.75, 3.05) is 0 Å². The van der Waals surface area contributed by atoms with Gasteiger partial charge in [-0.05, 0) is 0 Å². The van der Waals surface area contributed by atoms with E-state index in [1.165, 1.54) is 17.9 Å². The van der Waals surface area contributed by atoms with E-state index in [1.807, 2.05) is 0 Å². The Hall–Kier alpha value is -2.91. The molecule has 0 radical (unpaired) electrons. The molecule has 0 saturated heterocycles. The van der Waals surface area contributed by atoms with E-state index in [-0.39, 0.29) is 11.2 Å². The first-order valence-electron chi connectivity index (χ1n) is 6.29. The van der Waals surface area contributed by atoms with Gasteiger partial charge in [0.1, 0.15) is 0 Å². The van der Waals surface area contributed by atoms with Gasteiger partial charge in [-0.3, -0.25) is 23.5 Å². The van der Waals surface area contributed by atoms with Crippen LogP contribution >= 0.6 is 0 Å². The minimum absolute atomic E-state index is 0.140. The molecule has 2 rings (SSSR count). The molecule has 2 N–H and O–H groups in total. The van der Waals surface area contributed by atoms with Gasteiger partial charge in [0.15, 0.2) is 11.2 Å². The predicted molar refractivity (Wildman–Crippen MR) is 73.6 cm³/mol. The lowest BCUT2D eigenvalue weighted by molar-refractivity contribution is -0.148. The molecule has 10 nitrogen and oxygen atoms in total. The van der Waals surface area contributed by atoms with E-state index in [9.17, 15) is 19.2 Å². The molecule has 0 amide bonds. The number of aromatic nitrogens is 4. The molecule has 2 aromatic heterocycles. The lowest BCUT2D eigenvalue weighted by Gasteiger charge is -2.13. The van der Waals surface area contributed by atoms with Crippen LogP contribution in [0, 0.1) is 5.92 Å². The Morgan fingerprint density at radius 2 is 1.91 bits per heavy atom. The molecular weight excluding hydrogens is 296 g/mol. The fourth-order valence-corrected chi connectivity index (χ4v) is 2.22. The quantitative estimate of drug-likeness (QED) is 0.693. The number of carboxylic acid groups (broad SMARTS) is 2. The van der Waals surface area contributed by atoms with Crippen LogP contribution in [0.25, 0.3) is 11.2 Å². The van der Waals surface area contributed by atoms with Crippen LogP contribution in [0.4, 0.5) is 0 Å². The number of rotatable bonds is 5. The molecule has 0 aromatic carbocycles. The van der Waals surface area contributed by atoms with E-state index in [2.05, 4.69) is 4.98 Å². The van der Waals surface area contributed by atoms with Gasteiger partial charge in [-0.1, -0.05) is 0 Å². The molecule has 2 heterocycles. The maximum atomic E-state index is 12.4. The molecule has 0 saturated carbocycles. The smallest absolute Gasteiger partial charge is 0.332 e. The number of hydrogen-bond acceptors (Lipinski definition) is 5. The lowest BCUT2D eigenvalue weighted by atomic mass is 10.1. The van der Waals surface area contributed by atoms with Crippen molar-refractivity contribution < 1.29 is 19.8 Å². The number of imidazole rings is 1. The van der Waals surface area contributed by atoms with Gasteiger partial charge in [-0.2, -0.15) is 0 Å². The van der Waals surface area contributed by atoms with Crippen LogP contribution in [0.2, 0.25) is 0 Å². The van der Waals surface area contributed by atoms with Crippen LogP contribution in [0.1, 0.15) is 6.42 Å². The Morgan fingerprint density at radius 1 is 1.27 bits per heavy atom. The van der Waals surface area contributed by atoms with E-state index in [0.717, 1.165) is 9.13 Å². The molecule has 0 aliphatic carbocycles. The Morgan fingerprint density at radius 3 is 2.45 bits per heavy atom. The Bertz CT molecular complexity index is 874. The summed E-state index contributed by atoms with van der Waals surface area (Å²) in [5, 5.41) is 17.8. The van der Waals surface area contributed by atoms with Crippen LogP contribution in [0.5, 0.6) is 0 Å². The molecule has 0 bridgehead atoms. The van der Waals surface area contributed by atoms with Crippen LogP contribution < -0.4 is 11.2 Å². The average Bonchev–Trinajstić information content (AvgIpc) is 2.81. The van der Waals surface area contributed by atoms with Crippen molar-refractivity contribution >= 4 is 23.1 Å². The standard InChI is InChI=1S/C12H14N4O6/c1-14-5-13-9-8(14)10(19)16(12(22)15(9)2)4-6(11(20)21)3-7(17)18/h5-6H,3-4H2,1-2H3,(H,17,18)(H,20,21). The van der Waals surface area contributed by atoms with Gasteiger partial charge in [0.05, 0.1) is 18.7 Å². The minimum atomic E-state index is -1.39. The zero-order valence-corrected chi connectivity index (χ0v) is 11.9. The highest BCUT2D eigenvalue weighted by Crippen LogP contribution is 2.08. The summed E-state index contributed by atoms with van der Waals surface area (Å²) in [7, 11) is 2.97. The average molecular weight is 310 g/mol. The normalized spacial score (nSPS) is 12.5. The second-order valence-corrected chi connectivity index (χ2v) is 4.92. The summed E-state index contributed by atoms with van der Waals surface area (Å²) in [5.41, 5.74) is -1.12. The molecule has 1 unspecified atom stereocenters. The summed E-state index contributed by atoms with van der Waals surface area (Å²) < 4.78 is 3.27. The molecule has 1 atom stereocenters. The van der Waals surface area contributed by atoms with Crippen molar-refractivity contribution in [3.8, 4) is 0 Å². The fourth-order valence-electron chi connectivity index (χ4n) is 2.22. The molecule has 0 aliphatic rings. The molecule has 118 valence electrons.